The Kier molecular flexibility index (Phi) is 2.81. The number of benzene rings is 1. The van der Waals surface area contributed by atoms with E-state index < -0.39 is 0 Å². The van der Waals surface area contributed by atoms with Crippen LogP contribution in [0.1, 0.15) is 15.9 Å². The van der Waals surface area contributed by atoms with Crippen LogP contribution in [0, 0.1) is 0 Å². The fourth-order valence-electron chi connectivity index (χ4n) is 0.997. The number of rotatable bonds is 3. The third-order valence-electron chi connectivity index (χ3n) is 1.56. The van der Waals surface area contributed by atoms with Gasteiger partial charge in [-0.05, 0) is 12.0 Å². The zero-order chi connectivity index (χ0) is 8.10. The van der Waals surface area contributed by atoms with Crippen molar-refractivity contribution in [1.29, 1.82) is 0 Å². The van der Waals surface area contributed by atoms with Crippen molar-refractivity contribution in [3.05, 3.63) is 35.4 Å². The van der Waals surface area contributed by atoms with Crippen LogP contribution in [0.15, 0.2) is 24.3 Å². The van der Waals surface area contributed by atoms with Gasteiger partial charge in [0.2, 0.25) is 0 Å². The van der Waals surface area contributed by atoms with Crippen molar-refractivity contribution < 1.29 is 9.90 Å². The average molecular weight is 150 g/mol. The van der Waals surface area contributed by atoms with Gasteiger partial charge in [0.05, 0.1) is 0 Å². The first-order chi connectivity index (χ1) is 5.38. The summed E-state index contributed by atoms with van der Waals surface area (Å²) in [4.78, 5) is 10.4. The van der Waals surface area contributed by atoms with Crippen LogP contribution in [0.2, 0.25) is 0 Å². The van der Waals surface area contributed by atoms with Crippen LogP contribution in [0.4, 0.5) is 0 Å². The lowest BCUT2D eigenvalue weighted by Gasteiger charge is -1.99. The van der Waals surface area contributed by atoms with Crippen LogP contribution in [0.3, 0.4) is 0 Å². The quantitative estimate of drug-likeness (QED) is 0.653. The van der Waals surface area contributed by atoms with Crippen molar-refractivity contribution in [3.63, 3.8) is 0 Å². The molecule has 0 saturated heterocycles. The third kappa shape index (κ3) is 1.88. The van der Waals surface area contributed by atoms with Gasteiger partial charge in [0, 0.05) is 12.2 Å². The molecule has 58 valence electrons. The summed E-state index contributed by atoms with van der Waals surface area (Å²) in [5, 5.41) is 8.62. The molecular weight excluding hydrogens is 140 g/mol. The highest BCUT2D eigenvalue weighted by atomic mass is 16.2. The molecule has 2 heteroatoms. The van der Waals surface area contributed by atoms with Crippen LogP contribution >= 0.6 is 0 Å². The zero-order valence-electron chi connectivity index (χ0n) is 6.16. The Hall–Kier alpha value is -1.15. The minimum Gasteiger partial charge on any atom is -0.396 e. The van der Waals surface area contributed by atoms with Gasteiger partial charge < -0.3 is 5.11 Å². The van der Waals surface area contributed by atoms with E-state index in [1.165, 1.54) is 0 Å². The number of aldehydes is 1. The van der Waals surface area contributed by atoms with Crippen molar-refractivity contribution in [1.82, 2.24) is 0 Å². The number of carbonyl (C=O) groups excluding carboxylic acids is 1. The Morgan fingerprint density at radius 2 is 2.09 bits per heavy atom. The molecule has 0 bridgehead atoms. The Morgan fingerprint density at radius 3 is 2.73 bits per heavy atom. The molecule has 0 atom stereocenters. The minimum absolute atomic E-state index is 0.0881. The maximum absolute atomic E-state index is 10.4. The first-order valence-corrected chi connectivity index (χ1v) is 3.52. The van der Waals surface area contributed by atoms with Crippen LogP contribution in [-0.2, 0) is 6.42 Å². The van der Waals surface area contributed by atoms with Crippen LogP contribution in [0.5, 0.6) is 0 Å². The number of carbonyl (C=O) groups is 1. The summed E-state index contributed by atoms with van der Waals surface area (Å²) in [6.45, 7) is 0.0881. The Balaban J connectivity index is 2.92. The van der Waals surface area contributed by atoms with Crippen molar-refractivity contribution in [2.75, 3.05) is 6.61 Å². The third-order valence-corrected chi connectivity index (χ3v) is 1.56. The summed E-state index contributed by atoms with van der Waals surface area (Å²) in [5.41, 5.74) is 1.58. The Morgan fingerprint density at radius 1 is 1.36 bits per heavy atom. The molecule has 11 heavy (non-hydrogen) atoms. The lowest BCUT2D eigenvalue weighted by Crippen LogP contribution is -1.95. The summed E-state index contributed by atoms with van der Waals surface area (Å²) < 4.78 is 0. The minimum atomic E-state index is 0.0881. The van der Waals surface area contributed by atoms with E-state index in [4.69, 9.17) is 5.11 Å². The molecule has 0 heterocycles. The monoisotopic (exact) mass is 150 g/mol. The maximum atomic E-state index is 10.4. The van der Waals surface area contributed by atoms with Crippen molar-refractivity contribution in [2.24, 2.45) is 0 Å². The van der Waals surface area contributed by atoms with E-state index in [9.17, 15) is 4.79 Å². The summed E-state index contributed by atoms with van der Waals surface area (Å²) in [6, 6.07) is 7.26. The van der Waals surface area contributed by atoms with Crippen molar-refractivity contribution in [2.45, 2.75) is 6.42 Å². The number of hydrogen-bond donors (Lipinski definition) is 1. The first-order valence-electron chi connectivity index (χ1n) is 3.52. The first kappa shape index (κ1) is 7.95. The van der Waals surface area contributed by atoms with E-state index in [0.29, 0.717) is 12.0 Å². The molecule has 0 aromatic heterocycles. The molecule has 0 aliphatic carbocycles. The molecule has 0 radical (unpaired) electrons. The molecule has 0 fully saturated rings. The SMILES string of the molecule is O=Cc1ccccc1CCO. The normalized spacial score (nSPS) is 9.55. The van der Waals surface area contributed by atoms with E-state index in [-0.39, 0.29) is 6.61 Å². The van der Waals surface area contributed by atoms with Crippen LogP contribution in [-0.4, -0.2) is 18.0 Å². The zero-order valence-corrected chi connectivity index (χ0v) is 6.16. The maximum Gasteiger partial charge on any atom is 0.150 e. The van der Waals surface area contributed by atoms with Crippen molar-refractivity contribution in [3.8, 4) is 0 Å². The van der Waals surface area contributed by atoms with Gasteiger partial charge in [0.15, 0.2) is 0 Å². The van der Waals surface area contributed by atoms with Gasteiger partial charge in [-0.2, -0.15) is 0 Å². The van der Waals surface area contributed by atoms with Crippen LogP contribution < -0.4 is 0 Å². The van der Waals surface area contributed by atoms with Gasteiger partial charge in [-0.15, -0.1) is 0 Å². The predicted octanol–water partition coefficient (Wildman–Crippen LogP) is 1.03. The Labute approximate surface area is 65.5 Å². The lowest BCUT2D eigenvalue weighted by molar-refractivity contribution is 0.112. The molecule has 0 saturated carbocycles. The molecule has 1 aromatic carbocycles. The van der Waals surface area contributed by atoms with Gasteiger partial charge >= 0.3 is 0 Å². The van der Waals surface area contributed by atoms with E-state index in [2.05, 4.69) is 0 Å². The number of aliphatic hydroxyl groups is 1. The summed E-state index contributed by atoms with van der Waals surface area (Å²) in [5.74, 6) is 0. The average Bonchev–Trinajstić information content (AvgIpc) is 2.06. The lowest BCUT2D eigenvalue weighted by atomic mass is 10.1. The molecule has 0 spiro atoms. The number of hydrogen-bond acceptors (Lipinski definition) is 2. The molecule has 0 aliphatic heterocycles. The van der Waals surface area contributed by atoms with E-state index in [1.807, 2.05) is 18.2 Å². The van der Waals surface area contributed by atoms with Gasteiger partial charge in [-0.25, -0.2) is 0 Å². The second kappa shape index (κ2) is 3.88. The van der Waals surface area contributed by atoms with Gasteiger partial charge in [0.25, 0.3) is 0 Å². The standard InChI is InChI=1S/C9H10O2/c10-6-5-8-3-1-2-4-9(8)7-11/h1-4,7,10H,5-6H2. The van der Waals surface area contributed by atoms with E-state index in [0.717, 1.165) is 11.8 Å². The predicted molar refractivity (Wildman–Crippen MR) is 42.6 cm³/mol. The topological polar surface area (TPSA) is 37.3 Å². The Bertz CT molecular complexity index is 243. The molecule has 1 aromatic rings. The van der Waals surface area contributed by atoms with Gasteiger partial charge in [-0.1, -0.05) is 24.3 Å². The van der Waals surface area contributed by atoms with Crippen LogP contribution in [0.25, 0.3) is 0 Å². The fraction of sp³-hybridized carbons (Fsp3) is 0.222. The highest BCUT2D eigenvalue weighted by molar-refractivity contribution is 5.77. The van der Waals surface area contributed by atoms with E-state index >= 15 is 0 Å². The molecule has 1 N–H and O–H groups in total. The molecule has 0 unspecified atom stereocenters. The number of aliphatic hydroxyl groups excluding tert-OH is 1. The summed E-state index contributed by atoms with van der Waals surface area (Å²) in [6.07, 6.45) is 1.36. The molecule has 1 rings (SSSR count). The fourth-order valence-corrected chi connectivity index (χ4v) is 0.997. The van der Waals surface area contributed by atoms with Gasteiger partial charge in [-0.3, -0.25) is 4.79 Å². The molecule has 0 aliphatic rings. The second-order valence-electron chi connectivity index (χ2n) is 2.29. The largest absolute Gasteiger partial charge is 0.396 e. The second-order valence-corrected chi connectivity index (χ2v) is 2.29. The van der Waals surface area contributed by atoms with E-state index in [1.54, 1.807) is 6.07 Å². The highest BCUT2D eigenvalue weighted by Crippen LogP contribution is 2.05. The molecule has 0 amide bonds. The summed E-state index contributed by atoms with van der Waals surface area (Å²) >= 11 is 0. The van der Waals surface area contributed by atoms with Crippen molar-refractivity contribution >= 4 is 6.29 Å². The smallest absolute Gasteiger partial charge is 0.150 e. The molecular formula is C9H10O2. The van der Waals surface area contributed by atoms with Gasteiger partial charge in [0.1, 0.15) is 6.29 Å². The highest BCUT2D eigenvalue weighted by Gasteiger charge is 1.97. The summed E-state index contributed by atoms with van der Waals surface area (Å²) in [7, 11) is 0. The molecule has 2 nitrogen and oxygen atoms in total.